The number of aromatic amines is 1. The molecule has 0 bridgehead atoms. The molecule has 8 heteroatoms. The largest absolute Gasteiger partial charge is 0.348 e. The Kier molecular flexibility index (Phi) is 6.14. The van der Waals surface area contributed by atoms with Crippen LogP contribution in [-0.2, 0) is 6.54 Å². The number of hydrogen-bond donors (Lipinski definition) is 3. The van der Waals surface area contributed by atoms with Crippen LogP contribution in [0.1, 0.15) is 48.4 Å². The molecule has 29 heavy (non-hydrogen) atoms. The molecule has 0 aliphatic rings. The Bertz CT molecular complexity index is 1120. The predicted octanol–water partition coefficient (Wildman–Crippen LogP) is 3.61. The van der Waals surface area contributed by atoms with Gasteiger partial charge in [-0.2, -0.15) is 0 Å². The number of benzene rings is 1. The lowest BCUT2D eigenvalue weighted by atomic mass is 10.1. The number of aromatic nitrogens is 2. The lowest BCUT2D eigenvalue weighted by molar-refractivity contribution is 0.0952. The number of fused-ring (bicyclic) bond motifs is 1. The van der Waals surface area contributed by atoms with Crippen LogP contribution in [0.2, 0.25) is 0 Å². The van der Waals surface area contributed by atoms with Crippen molar-refractivity contribution >= 4 is 38.4 Å². The van der Waals surface area contributed by atoms with Gasteiger partial charge in [-0.3, -0.25) is 9.59 Å². The van der Waals surface area contributed by atoms with E-state index in [1.165, 1.54) is 5.01 Å². The van der Waals surface area contributed by atoms with E-state index >= 15 is 0 Å². The molecule has 7 nitrogen and oxygen atoms in total. The molecule has 154 valence electrons. The van der Waals surface area contributed by atoms with Gasteiger partial charge in [-0.25, -0.2) is 5.84 Å². The van der Waals surface area contributed by atoms with Crippen molar-refractivity contribution in [2.24, 2.45) is 5.84 Å². The van der Waals surface area contributed by atoms with Crippen LogP contribution in [0.15, 0.2) is 39.7 Å². The van der Waals surface area contributed by atoms with E-state index in [0.717, 1.165) is 15.4 Å². The molecular weight excluding hydrogens is 434 g/mol. The van der Waals surface area contributed by atoms with Crippen LogP contribution in [0.4, 0.5) is 5.69 Å². The molecule has 0 unspecified atom stereocenters. The minimum absolute atomic E-state index is 0.0797. The van der Waals surface area contributed by atoms with Gasteiger partial charge in [0.25, 0.3) is 11.5 Å². The number of nitrogens with zero attached hydrogens (tertiary/aromatic N) is 2. The number of carbonyl (C=O) groups excluding carboxylic acids is 1. The van der Waals surface area contributed by atoms with Crippen LogP contribution in [0.5, 0.6) is 0 Å². The standard InChI is InChI=1S/C21H26BrN5O2/c1-5-27(23)19-8-13(4)25-21(29)17(19)11-24-20(28)16-9-14(22)10-18-15(16)6-7-26(18)12(2)3/h6-10,12H,5,11,23H2,1-4H3,(H,24,28)(H,25,29). The number of nitrogens with one attached hydrogen (secondary N) is 2. The molecule has 3 aromatic rings. The number of aryl methyl sites for hydroxylation is 1. The SMILES string of the molecule is CCN(N)c1cc(C)[nH]c(=O)c1CNC(=O)c1cc(Br)cc2c1ccn2C(C)C. The van der Waals surface area contributed by atoms with Gasteiger partial charge in [-0.05, 0) is 52.0 Å². The van der Waals surface area contributed by atoms with E-state index in [1.54, 1.807) is 13.0 Å². The van der Waals surface area contributed by atoms with E-state index in [4.69, 9.17) is 5.84 Å². The Balaban J connectivity index is 1.94. The van der Waals surface area contributed by atoms with E-state index in [9.17, 15) is 9.59 Å². The summed E-state index contributed by atoms with van der Waals surface area (Å²) < 4.78 is 2.94. The van der Waals surface area contributed by atoms with Crippen molar-refractivity contribution in [1.82, 2.24) is 14.9 Å². The molecule has 0 aliphatic carbocycles. The zero-order chi connectivity index (χ0) is 21.3. The fourth-order valence-corrected chi connectivity index (χ4v) is 3.87. The van der Waals surface area contributed by atoms with Gasteiger partial charge in [0.1, 0.15) is 0 Å². The number of anilines is 1. The zero-order valence-corrected chi connectivity index (χ0v) is 18.6. The second kappa shape index (κ2) is 8.42. The van der Waals surface area contributed by atoms with Gasteiger partial charge in [0.05, 0.1) is 23.3 Å². The Morgan fingerprint density at radius 2 is 2.07 bits per heavy atom. The van der Waals surface area contributed by atoms with Gasteiger partial charge in [0, 0.05) is 39.9 Å². The van der Waals surface area contributed by atoms with Gasteiger partial charge in [-0.1, -0.05) is 15.9 Å². The van der Waals surface area contributed by atoms with Gasteiger partial charge in [0.15, 0.2) is 0 Å². The summed E-state index contributed by atoms with van der Waals surface area (Å²) in [6.07, 6.45) is 1.98. The van der Waals surface area contributed by atoms with Crippen molar-refractivity contribution in [1.29, 1.82) is 0 Å². The highest BCUT2D eigenvalue weighted by Gasteiger charge is 2.17. The number of hydrogen-bond acceptors (Lipinski definition) is 4. The molecular formula is C21H26BrN5O2. The second-order valence-electron chi connectivity index (χ2n) is 7.32. The number of amides is 1. The molecule has 1 aromatic carbocycles. The third-order valence-corrected chi connectivity index (χ3v) is 5.38. The molecule has 0 radical (unpaired) electrons. The van der Waals surface area contributed by atoms with E-state index in [0.29, 0.717) is 29.1 Å². The minimum Gasteiger partial charge on any atom is -0.348 e. The number of carbonyl (C=O) groups is 1. The zero-order valence-electron chi connectivity index (χ0n) is 17.0. The summed E-state index contributed by atoms with van der Waals surface area (Å²) in [5.74, 6) is 5.79. The van der Waals surface area contributed by atoms with Crippen LogP contribution in [-0.4, -0.2) is 22.0 Å². The van der Waals surface area contributed by atoms with Crippen LogP contribution < -0.4 is 21.7 Å². The third kappa shape index (κ3) is 4.23. The maximum absolute atomic E-state index is 13.0. The summed E-state index contributed by atoms with van der Waals surface area (Å²) >= 11 is 3.50. The number of pyridine rings is 1. The minimum atomic E-state index is -0.255. The molecule has 0 aliphatic heterocycles. The first kappa shape index (κ1) is 21.1. The second-order valence-corrected chi connectivity index (χ2v) is 8.23. The molecule has 2 heterocycles. The maximum Gasteiger partial charge on any atom is 0.255 e. The first-order valence-electron chi connectivity index (χ1n) is 9.56. The summed E-state index contributed by atoms with van der Waals surface area (Å²) in [6, 6.07) is 7.83. The van der Waals surface area contributed by atoms with Crippen molar-refractivity contribution in [3.8, 4) is 0 Å². The van der Waals surface area contributed by atoms with Crippen LogP contribution in [0.3, 0.4) is 0 Å². The van der Waals surface area contributed by atoms with E-state index in [-0.39, 0.29) is 24.1 Å². The molecule has 3 rings (SSSR count). The molecule has 4 N–H and O–H groups in total. The van der Waals surface area contributed by atoms with Crippen molar-refractivity contribution in [2.45, 2.75) is 40.3 Å². The molecule has 0 saturated carbocycles. The average molecular weight is 460 g/mol. The molecule has 0 saturated heterocycles. The van der Waals surface area contributed by atoms with E-state index in [2.05, 4.69) is 44.6 Å². The Hall–Kier alpha value is -2.58. The van der Waals surface area contributed by atoms with Crippen molar-refractivity contribution in [3.05, 3.63) is 62.1 Å². The van der Waals surface area contributed by atoms with Gasteiger partial charge < -0.3 is 19.9 Å². The summed E-state index contributed by atoms with van der Waals surface area (Å²) in [4.78, 5) is 28.2. The number of rotatable bonds is 6. The number of H-pyrrole nitrogens is 1. The lowest BCUT2D eigenvalue weighted by Crippen LogP contribution is -2.35. The van der Waals surface area contributed by atoms with Crippen molar-refractivity contribution in [3.63, 3.8) is 0 Å². The van der Waals surface area contributed by atoms with E-state index < -0.39 is 0 Å². The lowest BCUT2D eigenvalue weighted by Gasteiger charge is -2.20. The topological polar surface area (TPSA) is 96.2 Å². The number of hydrazine groups is 1. The normalized spacial score (nSPS) is 11.3. The Morgan fingerprint density at radius 3 is 2.72 bits per heavy atom. The number of nitrogens with two attached hydrogens (primary N) is 1. The molecule has 2 aromatic heterocycles. The monoisotopic (exact) mass is 459 g/mol. The van der Waals surface area contributed by atoms with Crippen LogP contribution in [0, 0.1) is 6.92 Å². The van der Waals surface area contributed by atoms with Crippen LogP contribution in [0.25, 0.3) is 10.9 Å². The smallest absolute Gasteiger partial charge is 0.255 e. The van der Waals surface area contributed by atoms with Crippen LogP contribution >= 0.6 is 15.9 Å². The van der Waals surface area contributed by atoms with Crippen molar-refractivity contribution in [2.75, 3.05) is 11.6 Å². The fourth-order valence-electron chi connectivity index (χ4n) is 3.43. The van der Waals surface area contributed by atoms with Gasteiger partial charge in [-0.15, -0.1) is 0 Å². The highest BCUT2D eigenvalue weighted by atomic mass is 79.9. The van der Waals surface area contributed by atoms with Gasteiger partial charge in [0.2, 0.25) is 0 Å². The van der Waals surface area contributed by atoms with E-state index in [1.807, 2.05) is 31.3 Å². The fraction of sp³-hybridized carbons (Fsp3) is 0.333. The highest BCUT2D eigenvalue weighted by molar-refractivity contribution is 9.10. The molecule has 0 spiro atoms. The Morgan fingerprint density at radius 1 is 1.34 bits per heavy atom. The maximum atomic E-state index is 13.0. The van der Waals surface area contributed by atoms with Gasteiger partial charge >= 0.3 is 0 Å². The summed E-state index contributed by atoms with van der Waals surface area (Å²) in [7, 11) is 0. The predicted molar refractivity (Wildman–Crippen MR) is 120 cm³/mol. The third-order valence-electron chi connectivity index (χ3n) is 4.93. The molecule has 0 atom stereocenters. The summed E-state index contributed by atoms with van der Waals surface area (Å²) in [5.41, 5.74) is 3.03. The highest BCUT2D eigenvalue weighted by Crippen LogP contribution is 2.28. The number of halogens is 1. The first-order valence-corrected chi connectivity index (χ1v) is 10.4. The first-order chi connectivity index (χ1) is 13.7. The molecule has 1 amide bonds. The average Bonchev–Trinajstić information content (AvgIpc) is 3.09. The van der Waals surface area contributed by atoms with Crippen molar-refractivity contribution < 1.29 is 4.79 Å². The summed E-state index contributed by atoms with van der Waals surface area (Å²) in [6.45, 7) is 8.51. The summed E-state index contributed by atoms with van der Waals surface area (Å²) in [5, 5.41) is 5.25. The Labute approximate surface area is 178 Å². The quantitative estimate of drug-likeness (QED) is 0.387. The molecule has 0 fully saturated rings.